The van der Waals surface area contributed by atoms with Gasteiger partial charge in [-0.1, -0.05) is 25.5 Å². The van der Waals surface area contributed by atoms with Gasteiger partial charge in [0, 0.05) is 16.2 Å². The molecular formula is C15H20INO. The molecular weight excluding hydrogens is 337 g/mol. The second-order valence-electron chi connectivity index (χ2n) is 4.92. The summed E-state index contributed by atoms with van der Waals surface area (Å²) in [6.45, 7) is 3.12. The van der Waals surface area contributed by atoms with Crippen LogP contribution in [0.2, 0.25) is 0 Å². The number of carbonyl (C=O) groups excluding carboxylic acids is 1. The minimum absolute atomic E-state index is 0.221. The van der Waals surface area contributed by atoms with Crippen LogP contribution >= 0.6 is 22.6 Å². The van der Waals surface area contributed by atoms with Crippen molar-refractivity contribution in [3.63, 3.8) is 0 Å². The fraction of sp³-hybridized carbons (Fsp3) is 0.533. The van der Waals surface area contributed by atoms with E-state index < -0.39 is 0 Å². The summed E-state index contributed by atoms with van der Waals surface area (Å²) in [5.41, 5.74) is 0.862. The van der Waals surface area contributed by atoms with Crippen molar-refractivity contribution in [2.45, 2.75) is 45.1 Å². The predicted molar refractivity (Wildman–Crippen MR) is 82.7 cm³/mol. The molecule has 1 atom stereocenters. The number of halogens is 1. The molecule has 1 fully saturated rings. The molecule has 2 rings (SSSR count). The Morgan fingerprint density at radius 1 is 1.39 bits per heavy atom. The molecule has 1 aromatic carbocycles. The summed E-state index contributed by atoms with van der Waals surface area (Å²) in [4.78, 5) is 14.7. The van der Waals surface area contributed by atoms with Gasteiger partial charge < -0.3 is 4.90 Å². The van der Waals surface area contributed by atoms with Crippen LogP contribution in [0.25, 0.3) is 0 Å². The zero-order chi connectivity index (χ0) is 13.0. The van der Waals surface area contributed by atoms with E-state index in [0.717, 1.165) is 34.9 Å². The van der Waals surface area contributed by atoms with Gasteiger partial charge in [-0.2, -0.15) is 0 Å². The molecule has 18 heavy (non-hydrogen) atoms. The average molecular weight is 357 g/mol. The first-order chi connectivity index (χ1) is 8.74. The van der Waals surface area contributed by atoms with Gasteiger partial charge in [0.25, 0.3) is 5.91 Å². The number of hydrogen-bond acceptors (Lipinski definition) is 1. The summed E-state index contributed by atoms with van der Waals surface area (Å²) >= 11 is 2.25. The highest BCUT2D eigenvalue weighted by Gasteiger charge is 2.27. The summed E-state index contributed by atoms with van der Waals surface area (Å²) in [6, 6.07) is 8.34. The Labute approximate surface area is 123 Å². The number of amides is 1. The second kappa shape index (κ2) is 6.55. The van der Waals surface area contributed by atoms with Crippen LogP contribution < -0.4 is 0 Å². The summed E-state index contributed by atoms with van der Waals surface area (Å²) in [7, 11) is 0. The molecule has 1 aromatic rings. The fourth-order valence-electron chi connectivity index (χ4n) is 2.69. The lowest BCUT2D eigenvalue weighted by Gasteiger charge is -2.36. The van der Waals surface area contributed by atoms with Crippen LogP contribution in [0.3, 0.4) is 0 Å². The smallest absolute Gasteiger partial charge is 0.255 e. The zero-order valence-corrected chi connectivity index (χ0v) is 13.0. The number of benzene rings is 1. The lowest BCUT2D eigenvalue weighted by Crippen LogP contribution is -2.43. The first-order valence-corrected chi connectivity index (χ1v) is 7.87. The minimum Gasteiger partial charge on any atom is -0.336 e. The van der Waals surface area contributed by atoms with E-state index in [4.69, 9.17) is 0 Å². The van der Waals surface area contributed by atoms with Crippen molar-refractivity contribution in [2.24, 2.45) is 0 Å². The summed E-state index contributed by atoms with van der Waals surface area (Å²) < 4.78 is 1.06. The Balaban J connectivity index is 2.18. The molecule has 0 radical (unpaired) electrons. The zero-order valence-electron chi connectivity index (χ0n) is 10.9. The molecule has 1 heterocycles. The number of hydrogen-bond donors (Lipinski definition) is 0. The van der Waals surface area contributed by atoms with Gasteiger partial charge in [-0.05, 0) is 60.4 Å². The van der Waals surface area contributed by atoms with Crippen molar-refractivity contribution in [2.75, 3.05) is 6.54 Å². The molecule has 0 aromatic heterocycles. The van der Waals surface area contributed by atoms with E-state index in [2.05, 4.69) is 34.4 Å². The van der Waals surface area contributed by atoms with E-state index in [1.165, 1.54) is 12.8 Å². The lowest BCUT2D eigenvalue weighted by molar-refractivity contribution is 0.0599. The quantitative estimate of drug-likeness (QED) is 0.747. The van der Waals surface area contributed by atoms with E-state index in [1.807, 2.05) is 24.3 Å². The van der Waals surface area contributed by atoms with Gasteiger partial charge in [-0.3, -0.25) is 4.79 Å². The maximum absolute atomic E-state index is 12.6. The van der Waals surface area contributed by atoms with Crippen LogP contribution in [-0.4, -0.2) is 23.4 Å². The van der Waals surface area contributed by atoms with E-state index in [-0.39, 0.29) is 5.91 Å². The van der Waals surface area contributed by atoms with Gasteiger partial charge >= 0.3 is 0 Å². The molecule has 1 aliphatic heterocycles. The third kappa shape index (κ3) is 3.05. The minimum atomic E-state index is 0.221. The number of carbonyl (C=O) groups is 1. The van der Waals surface area contributed by atoms with Gasteiger partial charge in [-0.15, -0.1) is 0 Å². The van der Waals surface area contributed by atoms with Crippen LogP contribution in [0.15, 0.2) is 24.3 Å². The Bertz CT molecular complexity index is 417. The third-order valence-electron chi connectivity index (χ3n) is 3.61. The monoisotopic (exact) mass is 357 g/mol. The molecule has 98 valence electrons. The van der Waals surface area contributed by atoms with Crippen LogP contribution in [0.1, 0.15) is 49.4 Å². The molecule has 1 unspecified atom stereocenters. The molecule has 2 nitrogen and oxygen atoms in total. The van der Waals surface area contributed by atoms with Gasteiger partial charge in [0.05, 0.1) is 5.56 Å². The van der Waals surface area contributed by atoms with Crippen molar-refractivity contribution in [1.29, 1.82) is 0 Å². The molecule has 1 amide bonds. The van der Waals surface area contributed by atoms with E-state index in [0.29, 0.717) is 6.04 Å². The Kier molecular flexibility index (Phi) is 5.03. The van der Waals surface area contributed by atoms with Crippen molar-refractivity contribution < 1.29 is 4.79 Å². The largest absolute Gasteiger partial charge is 0.336 e. The number of likely N-dealkylation sites (tertiary alicyclic amines) is 1. The standard InChI is InChI=1S/C15H20INO/c1-2-7-12-8-5-6-11-17(12)15(18)13-9-3-4-10-14(13)16/h3-4,9-10,12H,2,5-8,11H2,1H3. The highest BCUT2D eigenvalue weighted by Crippen LogP contribution is 2.24. The van der Waals surface area contributed by atoms with E-state index >= 15 is 0 Å². The highest BCUT2D eigenvalue weighted by atomic mass is 127. The van der Waals surface area contributed by atoms with Crippen LogP contribution in [0.4, 0.5) is 0 Å². The molecule has 1 saturated heterocycles. The topological polar surface area (TPSA) is 20.3 Å². The summed E-state index contributed by atoms with van der Waals surface area (Å²) in [5, 5.41) is 0. The van der Waals surface area contributed by atoms with Crippen molar-refractivity contribution in [3.05, 3.63) is 33.4 Å². The SMILES string of the molecule is CCCC1CCCCN1C(=O)c1ccccc1I. The maximum atomic E-state index is 12.6. The van der Waals surface area contributed by atoms with Crippen LogP contribution in [0, 0.1) is 3.57 Å². The Hall–Kier alpha value is -0.580. The molecule has 0 bridgehead atoms. The van der Waals surface area contributed by atoms with Gasteiger partial charge in [0.15, 0.2) is 0 Å². The normalized spacial score (nSPS) is 19.9. The first kappa shape index (κ1) is 13.8. The van der Waals surface area contributed by atoms with Crippen molar-refractivity contribution >= 4 is 28.5 Å². The first-order valence-electron chi connectivity index (χ1n) is 6.79. The third-order valence-corrected chi connectivity index (χ3v) is 4.55. The Morgan fingerprint density at radius 3 is 2.89 bits per heavy atom. The van der Waals surface area contributed by atoms with E-state index in [9.17, 15) is 4.79 Å². The van der Waals surface area contributed by atoms with Gasteiger partial charge in [-0.25, -0.2) is 0 Å². The number of nitrogens with zero attached hydrogens (tertiary/aromatic N) is 1. The second-order valence-corrected chi connectivity index (χ2v) is 6.08. The van der Waals surface area contributed by atoms with Crippen molar-refractivity contribution in [1.82, 2.24) is 4.90 Å². The average Bonchev–Trinajstić information content (AvgIpc) is 2.40. The van der Waals surface area contributed by atoms with Crippen LogP contribution in [0.5, 0.6) is 0 Å². The molecule has 1 aliphatic rings. The van der Waals surface area contributed by atoms with Crippen LogP contribution in [-0.2, 0) is 0 Å². The maximum Gasteiger partial charge on any atom is 0.255 e. The van der Waals surface area contributed by atoms with Gasteiger partial charge in [0.2, 0.25) is 0 Å². The summed E-state index contributed by atoms with van der Waals surface area (Å²) in [6.07, 6.45) is 5.87. The molecule has 0 aliphatic carbocycles. The molecule has 3 heteroatoms. The lowest BCUT2D eigenvalue weighted by atomic mass is 9.97. The number of rotatable bonds is 3. The highest BCUT2D eigenvalue weighted by molar-refractivity contribution is 14.1. The summed E-state index contributed by atoms with van der Waals surface area (Å²) in [5.74, 6) is 0.221. The van der Waals surface area contributed by atoms with Gasteiger partial charge in [0.1, 0.15) is 0 Å². The molecule has 0 spiro atoms. The van der Waals surface area contributed by atoms with Crippen molar-refractivity contribution in [3.8, 4) is 0 Å². The number of piperidine rings is 1. The molecule has 0 saturated carbocycles. The fourth-order valence-corrected chi connectivity index (χ4v) is 3.31. The Morgan fingerprint density at radius 2 is 2.17 bits per heavy atom. The predicted octanol–water partition coefficient (Wildman–Crippen LogP) is 4.09. The molecule has 0 N–H and O–H groups in total. The van der Waals surface area contributed by atoms with E-state index in [1.54, 1.807) is 0 Å².